The van der Waals surface area contributed by atoms with Crippen LogP contribution in [-0.4, -0.2) is 15.9 Å². The summed E-state index contributed by atoms with van der Waals surface area (Å²) < 4.78 is 1.75. The maximum Gasteiger partial charge on any atom is 0.257 e. The summed E-state index contributed by atoms with van der Waals surface area (Å²) in [7, 11) is 0. The van der Waals surface area contributed by atoms with E-state index in [1.807, 2.05) is 18.2 Å². The van der Waals surface area contributed by atoms with E-state index in [1.165, 1.54) is 11.3 Å². The molecular weight excluding hydrogens is 326 g/mol. The van der Waals surface area contributed by atoms with Gasteiger partial charge in [-0.05, 0) is 28.1 Å². The third-order valence-electron chi connectivity index (χ3n) is 2.52. The molecule has 2 heterocycles. The van der Waals surface area contributed by atoms with Gasteiger partial charge in [-0.2, -0.15) is 0 Å². The van der Waals surface area contributed by atoms with Crippen LogP contribution in [0.2, 0.25) is 0 Å². The minimum absolute atomic E-state index is 0.163. The van der Waals surface area contributed by atoms with E-state index in [0.717, 1.165) is 14.7 Å². The van der Waals surface area contributed by atoms with Crippen molar-refractivity contribution in [2.24, 2.45) is 0 Å². The molecule has 1 N–H and O–H groups in total. The molecule has 6 heteroatoms. The van der Waals surface area contributed by atoms with E-state index >= 15 is 0 Å². The Hall–Kier alpha value is -1.79. The predicted molar refractivity (Wildman–Crippen MR) is 79.5 cm³/mol. The lowest BCUT2D eigenvalue weighted by Gasteiger charge is -2.00. The molecular formula is C13H8BrN3OS. The summed E-state index contributed by atoms with van der Waals surface area (Å²) >= 11 is 4.79. The van der Waals surface area contributed by atoms with Crippen LogP contribution >= 0.6 is 27.3 Å². The van der Waals surface area contributed by atoms with Crippen molar-refractivity contribution in [1.29, 1.82) is 0 Å². The van der Waals surface area contributed by atoms with Gasteiger partial charge in [-0.15, -0.1) is 0 Å². The molecule has 0 saturated carbocycles. The van der Waals surface area contributed by atoms with Crippen LogP contribution in [0, 0.1) is 0 Å². The van der Waals surface area contributed by atoms with Crippen molar-refractivity contribution in [3.05, 3.63) is 52.8 Å². The first-order chi connectivity index (χ1) is 9.24. The minimum Gasteiger partial charge on any atom is -0.298 e. The number of hydrogen-bond donors (Lipinski definition) is 1. The first-order valence-corrected chi connectivity index (χ1v) is 7.11. The van der Waals surface area contributed by atoms with E-state index in [4.69, 9.17) is 0 Å². The Bertz CT molecular complexity index is 742. The van der Waals surface area contributed by atoms with Crippen molar-refractivity contribution in [3.63, 3.8) is 0 Å². The van der Waals surface area contributed by atoms with E-state index in [0.29, 0.717) is 10.7 Å². The molecule has 0 radical (unpaired) electrons. The number of thiazole rings is 1. The van der Waals surface area contributed by atoms with Gasteiger partial charge in [0, 0.05) is 18.0 Å². The number of hydrogen-bond acceptors (Lipinski definition) is 4. The van der Waals surface area contributed by atoms with Crippen molar-refractivity contribution in [2.45, 2.75) is 0 Å². The third-order valence-corrected chi connectivity index (χ3v) is 4.00. The fourth-order valence-corrected chi connectivity index (χ4v) is 3.04. The van der Waals surface area contributed by atoms with Crippen molar-refractivity contribution < 1.29 is 4.79 Å². The highest BCUT2D eigenvalue weighted by atomic mass is 79.9. The molecule has 0 fully saturated rings. The predicted octanol–water partition coefficient (Wildman–Crippen LogP) is 3.71. The first kappa shape index (κ1) is 12.3. The highest BCUT2D eigenvalue weighted by Crippen LogP contribution is 2.30. The van der Waals surface area contributed by atoms with E-state index in [-0.39, 0.29) is 5.91 Å². The molecule has 4 nitrogen and oxygen atoms in total. The number of anilines is 1. The molecule has 0 spiro atoms. The summed E-state index contributed by atoms with van der Waals surface area (Å²) in [5.41, 5.74) is 1.42. The number of amides is 1. The number of nitrogens with one attached hydrogen (secondary N) is 1. The molecule has 1 amide bonds. The standard InChI is InChI=1S/C13H8BrN3OS/c14-9-6-15-7-10-11(9)16-13(19-10)17-12(18)8-4-2-1-3-5-8/h1-7H,(H,16,17,18). The molecule has 3 rings (SSSR count). The van der Waals surface area contributed by atoms with E-state index in [9.17, 15) is 4.79 Å². The zero-order chi connectivity index (χ0) is 13.2. The van der Waals surface area contributed by atoms with Crippen LogP contribution in [0.1, 0.15) is 10.4 Å². The van der Waals surface area contributed by atoms with E-state index in [2.05, 4.69) is 31.2 Å². The maximum atomic E-state index is 12.0. The number of rotatable bonds is 2. The quantitative estimate of drug-likeness (QED) is 0.777. The number of halogens is 1. The van der Waals surface area contributed by atoms with Gasteiger partial charge in [0.15, 0.2) is 5.13 Å². The van der Waals surface area contributed by atoms with Gasteiger partial charge in [0.2, 0.25) is 0 Å². The van der Waals surface area contributed by atoms with Crippen LogP contribution in [0.4, 0.5) is 5.13 Å². The Kier molecular flexibility index (Phi) is 3.27. The van der Waals surface area contributed by atoms with Crippen molar-refractivity contribution in [1.82, 2.24) is 9.97 Å². The Morgan fingerprint density at radius 2 is 2.00 bits per heavy atom. The fraction of sp³-hybridized carbons (Fsp3) is 0. The summed E-state index contributed by atoms with van der Waals surface area (Å²) in [6.45, 7) is 0. The van der Waals surface area contributed by atoms with Gasteiger partial charge in [0.05, 0.1) is 9.17 Å². The molecule has 1 aromatic carbocycles. The van der Waals surface area contributed by atoms with Gasteiger partial charge in [-0.25, -0.2) is 4.98 Å². The number of carbonyl (C=O) groups excluding carboxylic acids is 1. The Morgan fingerprint density at radius 1 is 1.21 bits per heavy atom. The molecule has 0 unspecified atom stereocenters. The Morgan fingerprint density at radius 3 is 2.74 bits per heavy atom. The first-order valence-electron chi connectivity index (χ1n) is 5.50. The van der Waals surface area contributed by atoms with Gasteiger partial charge in [0.1, 0.15) is 5.52 Å². The summed E-state index contributed by atoms with van der Waals surface area (Å²) in [4.78, 5) is 20.5. The van der Waals surface area contributed by atoms with Gasteiger partial charge in [0.25, 0.3) is 5.91 Å². The molecule has 94 valence electrons. The number of fused-ring (bicyclic) bond motifs is 1. The Balaban J connectivity index is 1.90. The second kappa shape index (κ2) is 5.07. The lowest BCUT2D eigenvalue weighted by atomic mass is 10.2. The third kappa shape index (κ3) is 2.50. The van der Waals surface area contributed by atoms with Crippen LogP contribution in [0.5, 0.6) is 0 Å². The lowest BCUT2D eigenvalue weighted by Crippen LogP contribution is -2.11. The molecule has 0 bridgehead atoms. The highest BCUT2D eigenvalue weighted by molar-refractivity contribution is 9.10. The van der Waals surface area contributed by atoms with Gasteiger partial charge < -0.3 is 0 Å². The molecule has 0 aliphatic rings. The molecule has 3 aromatic rings. The van der Waals surface area contributed by atoms with Crippen molar-refractivity contribution >= 4 is 48.5 Å². The average Bonchev–Trinajstić information content (AvgIpc) is 2.84. The number of benzene rings is 1. The fourth-order valence-electron chi connectivity index (χ4n) is 1.63. The monoisotopic (exact) mass is 333 g/mol. The van der Waals surface area contributed by atoms with Gasteiger partial charge in [-0.3, -0.25) is 15.1 Å². The molecule has 0 saturated heterocycles. The van der Waals surface area contributed by atoms with Crippen molar-refractivity contribution in [3.8, 4) is 0 Å². The number of aromatic nitrogens is 2. The zero-order valence-electron chi connectivity index (χ0n) is 9.63. The summed E-state index contributed by atoms with van der Waals surface area (Å²) in [5.74, 6) is -0.163. The lowest BCUT2D eigenvalue weighted by molar-refractivity contribution is 0.102. The normalized spacial score (nSPS) is 10.6. The smallest absolute Gasteiger partial charge is 0.257 e. The number of nitrogens with zero attached hydrogens (tertiary/aromatic N) is 2. The molecule has 0 atom stereocenters. The molecule has 19 heavy (non-hydrogen) atoms. The SMILES string of the molecule is O=C(Nc1nc2c(Br)cncc2s1)c1ccccc1. The summed E-state index contributed by atoms with van der Waals surface area (Å²) in [6, 6.07) is 9.05. The molecule has 0 aliphatic carbocycles. The van der Waals surface area contributed by atoms with Crippen LogP contribution in [0.15, 0.2) is 47.2 Å². The minimum atomic E-state index is -0.163. The van der Waals surface area contributed by atoms with Crippen molar-refractivity contribution in [2.75, 3.05) is 5.32 Å². The average molecular weight is 334 g/mol. The maximum absolute atomic E-state index is 12.0. The Labute approximate surface area is 121 Å². The molecule has 0 aliphatic heterocycles. The van der Waals surface area contributed by atoms with Crippen LogP contribution in [-0.2, 0) is 0 Å². The number of pyridine rings is 1. The summed E-state index contributed by atoms with van der Waals surface area (Å²) in [6.07, 6.45) is 3.42. The molecule has 2 aromatic heterocycles. The number of carbonyl (C=O) groups is 1. The summed E-state index contributed by atoms with van der Waals surface area (Å²) in [5, 5.41) is 3.36. The van der Waals surface area contributed by atoms with Crippen LogP contribution in [0.25, 0.3) is 10.2 Å². The van der Waals surface area contributed by atoms with E-state index < -0.39 is 0 Å². The second-order valence-corrected chi connectivity index (χ2v) is 5.69. The van der Waals surface area contributed by atoms with Crippen LogP contribution < -0.4 is 5.32 Å². The van der Waals surface area contributed by atoms with Crippen LogP contribution in [0.3, 0.4) is 0 Å². The largest absolute Gasteiger partial charge is 0.298 e. The second-order valence-electron chi connectivity index (χ2n) is 3.81. The zero-order valence-corrected chi connectivity index (χ0v) is 12.0. The highest BCUT2D eigenvalue weighted by Gasteiger charge is 2.11. The van der Waals surface area contributed by atoms with Gasteiger partial charge >= 0.3 is 0 Å². The van der Waals surface area contributed by atoms with Gasteiger partial charge in [-0.1, -0.05) is 29.5 Å². The van der Waals surface area contributed by atoms with E-state index in [1.54, 1.807) is 24.5 Å². The topological polar surface area (TPSA) is 54.9 Å².